The van der Waals surface area contributed by atoms with E-state index in [1.165, 1.54) is 0 Å². The molecule has 0 N–H and O–H groups in total. The second kappa shape index (κ2) is 25.0. The molecule has 0 radical (unpaired) electrons. The molecule has 1 nitrogen and oxygen atoms in total. The minimum atomic E-state index is -0.0417. The average Bonchev–Trinajstić information content (AvgIpc) is 1.37. The van der Waals surface area contributed by atoms with Gasteiger partial charge in [0, 0.05) is 0 Å². The quantitative estimate of drug-likeness (QED) is 0.283. The van der Waals surface area contributed by atoms with E-state index in [2.05, 4.69) is 6.92 Å². The predicted octanol–water partition coefficient (Wildman–Crippen LogP) is -6.80. The van der Waals surface area contributed by atoms with Gasteiger partial charge in [-0.2, -0.15) is 13.0 Å². The zero-order valence-electron chi connectivity index (χ0n) is 4.61. The van der Waals surface area contributed by atoms with Crippen LogP contribution in [0.2, 0.25) is 0 Å². The number of rotatable bonds is 1. The zero-order valence-corrected chi connectivity index (χ0v) is 7.61. The van der Waals surface area contributed by atoms with Crippen LogP contribution in [0.3, 0.4) is 0 Å². The zero-order chi connectivity index (χ0) is 3.41. The molecule has 0 unspecified atom stereocenters. The maximum absolute atomic E-state index is 9.24. The summed E-state index contributed by atoms with van der Waals surface area (Å²) in [6.45, 7) is 3.25. The van der Waals surface area contributed by atoms with E-state index in [4.69, 9.17) is 0 Å². The number of hydrogen-bond donors (Lipinski definition) is 0. The van der Waals surface area contributed by atoms with Crippen LogP contribution in [0.15, 0.2) is 0 Å². The molecule has 4 heteroatoms. The summed E-state index contributed by atoms with van der Waals surface area (Å²) >= 11 is 0. The standard InChI is InChI=1S/C3H6O.BrH.Li.Mg/c1-2-3-4;;;/h1-3H2;1H;;/q-2;;+1;+2/p-1. The van der Waals surface area contributed by atoms with Crippen LogP contribution < -0.4 is 40.9 Å². The minimum absolute atomic E-state index is 0. The fraction of sp³-hybridized carbons (Fsp3) is 0.667. The third kappa shape index (κ3) is 33.4. The molecule has 0 saturated heterocycles. The molecule has 0 aromatic rings. The molecule has 0 aliphatic heterocycles. The summed E-state index contributed by atoms with van der Waals surface area (Å²) < 4.78 is 0. The van der Waals surface area contributed by atoms with Gasteiger partial charge in [0.2, 0.25) is 0 Å². The van der Waals surface area contributed by atoms with E-state index >= 15 is 0 Å². The maximum atomic E-state index is 9.24. The van der Waals surface area contributed by atoms with Gasteiger partial charge in [-0.3, -0.25) is 0 Å². The molecule has 0 aromatic carbocycles. The van der Waals surface area contributed by atoms with Gasteiger partial charge >= 0.3 is 41.9 Å². The Balaban J connectivity index is -0.0000000150. The summed E-state index contributed by atoms with van der Waals surface area (Å²) in [6, 6.07) is 0. The molecule has 0 atom stereocenters. The number of hydrogen-bond acceptors (Lipinski definition) is 1. The van der Waals surface area contributed by atoms with Crippen molar-refractivity contribution in [2.45, 2.75) is 6.42 Å². The second-order valence-electron chi connectivity index (χ2n) is 0.558. The molecular weight excluding hydrogens is 163 g/mol. The van der Waals surface area contributed by atoms with Gasteiger partial charge in [0.25, 0.3) is 0 Å². The Hall–Kier alpha value is 1.80. The summed E-state index contributed by atoms with van der Waals surface area (Å²) in [5.74, 6) is 0. The van der Waals surface area contributed by atoms with Gasteiger partial charge in [0.1, 0.15) is 0 Å². The van der Waals surface area contributed by atoms with Crippen LogP contribution in [0.4, 0.5) is 0 Å². The molecule has 0 amide bonds. The third-order valence-corrected chi connectivity index (χ3v) is 0.144. The van der Waals surface area contributed by atoms with Crippen molar-refractivity contribution in [3.05, 3.63) is 6.92 Å². The molecule has 0 aliphatic rings. The first-order valence-corrected chi connectivity index (χ1v) is 1.29. The van der Waals surface area contributed by atoms with Crippen molar-refractivity contribution < 1.29 is 40.9 Å². The fourth-order valence-corrected chi connectivity index (χ4v) is 0. The SMILES string of the molecule is [Br-].[CH2-]CC[O-].[Li+].[Mg+2]. The van der Waals surface area contributed by atoms with Crippen LogP contribution >= 0.6 is 0 Å². The van der Waals surface area contributed by atoms with E-state index in [9.17, 15) is 5.11 Å². The van der Waals surface area contributed by atoms with Crippen molar-refractivity contribution in [2.24, 2.45) is 0 Å². The van der Waals surface area contributed by atoms with Gasteiger partial charge in [0.15, 0.2) is 0 Å². The number of halogens is 1. The van der Waals surface area contributed by atoms with Gasteiger partial charge in [-0.15, -0.1) is 0 Å². The van der Waals surface area contributed by atoms with E-state index in [0.717, 1.165) is 0 Å². The van der Waals surface area contributed by atoms with Crippen molar-refractivity contribution in [2.75, 3.05) is 6.61 Å². The smallest absolute Gasteiger partial charge is 1.00 e. The summed E-state index contributed by atoms with van der Waals surface area (Å²) in [6.07, 6.45) is 0.514. The van der Waals surface area contributed by atoms with Crippen LogP contribution in [-0.2, 0) is 0 Å². The Labute approximate surface area is 83.3 Å². The van der Waals surface area contributed by atoms with Gasteiger partial charge in [-0.1, -0.05) is 0 Å². The maximum Gasteiger partial charge on any atom is 2.00 e. The molecule has 0 bridgehead atoms. The van der Waals surface area contributed by atoms with E-state index in [-0.39, 0.29) is 65.5 Å². The van der Waals surface area contributed by atoms with Crippen molar-refractivity contribution in [3.63, 3.8) is 0 Å². The Morgan fingerprint density at radius 1 is 1.43 bits per heavy atom. The summed E-state index contributed by atoms with van der Waals surface area (Å²) in [7, 11) is 0. The topological polar surface area (TPSA) is 23.1 Å². The molecule has 0 saturated carbocycles. The minimum Gasteiger partial charge on any atom is -1.00 e. The normalized spacial score (nSPS) is 4.29. The average molecular weight is 169 g/mol. The molecule has 0 aliphatic carbocycles. The first-order chi connectivity index (χ1) is 1.91. The molecule has 0 fully saturated rings. The van der Waals surface area contributed by atoms with Gasteiger partial charge in [-0.05, 0) is 0 Å². The van der Waals surface area contributed by atoms with Gasteiger partial charge in [-0.25, -0.2) is 0 Å². The fourth-order valence-electron chi connectivity index (χ4n) is 0. The van der Waals surface area contributed by atoms with E-state index in [0.29, 0.717) is 6.42 Å². The largest absolute Gasteiger partial charge is 2.00 e. The Morgan fingerprint density at radius 3 is 1.57 bits per heavy atom. The first-order valence-electron chi connectivity index (χ1n) is 1.29. The molecule has 34 valence electrons. The Morgan fingerprint density at radius 2 is 1.57 bits per heavy atom. The predicted molar refractivity (Wildman–Crippen MR) is 20.6 cm³/mol. The third-order valence-electron chi connectivity index (χ3n) is 0.144. The van der Waals surface area contributed by atoms with Gasteiger partial charge in [0.05, 0.1) is 0 Å². The Bertz CT molecular complexity index is 16.9. The molecule has 0 spiro atoms. The summed E-state index contributed by atoms with van der Waals surface area (Å²) in [4.78, 5) is 0. The van der Waals surface area contributed by atoms with Crippen molar-refractivity contribution in [1.82, 2.24) is 0 Å². The van der Waals surface area contributed by atoms with Crippen molar-refractivity contribution in [3.8, 4) is 0 Å². The Kier molecular flexibility index (Phi) is 82.9. The summed E-state index contributed by atoms with van der Waals surface area (Å²) in [5, 5.41) is 9.24. The molecule has 0 heterocycles. The van der Waals surface area contributed by atoms with Crippen LogP contribution in [0.5, 0.6) is 0 Å². The van der Waals surface area contributed by atoms with E-state index < -0.39 is 0 Å². The van der Waals surface area contributed by atoms with Crippen LogP contribution in [-0.4, -0.2) is 29.7 Å². The van der Waals surface area contributed by atoms with E-state index in [1.54, 1.807) is 0 Å². The van der Waals surface area contributed by atoms with Crippen LogP contribution in [0.25, 0.3) is 0 Å². The molecule has 7 heavy (non-hydrogen) atoms. The molecular formula is C3H6BrLiMgO. The first kappa shape index (κ1) is 23.2. The van der Waals surface area contributed by atoms with Crippen LogP contribution in [0, 0.1) is 6.92 Å². The monoisotopic (exact) mass is 168 g/mol. The molecule has 0 aromatic heterocycles. The van der Waals surface area contributed by atoms with Gasteiger partial charge < -0.3 is 29.0 Å². The molecule has 0 rings (SSSR count). The van der Waals surface area contributed by atoms with Crippen molar-refractivity contribution in [1.29, 1.82) is 0 Å². The van der Waals surface area contributed by atoms with Crippen LogP contribution in [0.1, 0.15) is 6.42 Å². The van der Waals surface area contributed by atoms with Crippen molar-refractivity contribution >= 4 is 23.1 Å². The summed E-state index contributed by atoms with van der Waals surface area (Å²) in [5.41, 5.74) is 0. The van der Waals surface area contributed by atoms with E-state index in [1.807, 2.05) is 0 Å². The second-order valence-corrected chi connectivity index (χ2v) is 0.558.